The van der Waals surface area contributed by atoms with Gasteiger partial charge in [-0.3, -0.25) is 0 Å². The molecule has 1 aliphatic heterocycles. The van der Waals surface area contributed by atoms with Crippen molar-refractivity contribution in [3.05, 3.63) is 70.0 Å². The number of nitrogens with zero attached hydrogens (tertiary/aromatic N) is 2. The van der Waals surface area contributed by atoms with E-state index in [1.54, 1.807) is 24.3 Å². The Bertz CT molecular complexity index is 716. The van der Waals surface area contributed by atoms with Crippen LogP contribution in [0.2, 0.25) is 5.02 Å². The summed E-state index contributed by atoms with van der Waals surface area (Å²) < 4.78 is 12.6. The van der Waals surface area contributed by atoms with Crippen LogP contribution in [-0.4, -0.2) is 25.0 Å². The Kier molecular flexibility index (Phi) is 9.95. The van der Waals surface area contributed by atoms with E-state index < -0.39 is 0 Å². The molecule has 0 radical (unpaired) electrons. The van der Waals surface area contributed by atoms with Crippen LogP contribution in [0, 0.1) is 30.0 Å². The molecule has 0 aromatic heterocycles. The molecule has 0 saturated carbocycles. The van der Waals surface area contributed by atoms with Crippen LogP contribution in [0.25, 0.3) is 0 Å². The van der Waals surface area contributed by atoms with E-state index >= 15 is 0 Å². The average molecular weight is 375 g/mol. The van der Waals surface area contributed by atoms with Gasteiger partial charge in [-0.15, -0.1) is 0 Å². The van der Waals surface area contributed by atoms with Crippen LogP contribution in [0.3, 0.4) is 0 Å². The van der Waals surface area contributed by atoms with Crippen molar-refractivity contribution in [1.82, 2.24) is 4.90 Å². The number of rotatable bonds is 1. The summed E-state index contributed by atoms with van der Waals surface area (Å²) in [5, 5.41) is 9.00. The van der Waals surface area contributed by atoms with Gasteiger partial charge in [0.05, 0.1) is 10.6 Å². The molecule has 1 heterocycles. The van der Waals surface area contributed by atoms with Crippen molar-refractivity contribution in [2.45, 2.75) is 33.6 Å². The lowest BCUT2D eigenvalue weighted by Gasteiger charge is -2.03. The van der Waals surface area contributed by atoms with Gasteiger partial charge in [-0.1, -0.05) is 49.7 Å². The molecule has 0 aliphatic carbocycles. The molecule has 2 nitrogen and oxygen atoms in total. The number of aryl methyl sites for hydroxylation is 2. The quantitative estimate of drug-likeness (QED) is 0.624. The third-order valence-corrected chi connectivity index (χ3v) is 4.52. The third kappa shape index (κ3) is 7.99. The van der Waals surface area contributed by atoms with Crippen LogP contribution in [0.5, 0.6) is 0 Å². The molecular weight excluding hydrogens is 347 g/mol. The maximum Gasteiger partial charge on any atom is 0.126 e. The summed E-state index contributed by atoms with van der Waals surface area (Å²) in [5.74, 6) is 0.852. The highest BCUT2D eigenvalue weighted by molar-refractivity contribution is 6.31. The van der Waals surface area contributed by atoms with Crippen molar-refractivity contribution in [3.8, 4) is 6.07 Å². The lowest BCUT2D eigenvalue weighted by atomic mass is 10.2. The van der Waals surface area contributed by atoms with E-state index in [0.717, 1.165) is 23.5 Å². The summed E-state index contributed by atoms with van der Waals surface area (Å²) in [6.07, 6.45) is 2.17. The van der Waals surface area contributed by atoms with Gasteiger partial charge in [0, 0.05) is 6.54 Å². The molecule has 1 aliphatic rings. The van der Waals surface area contributed by atoms with Gasteiger partial charge in [0.2, 0.25) is 0 Å². The smallest absolute Gasteiger partial charge is 0.126 e. The highest BCUT2D eigenvalue weighted by atomic mass is 35.5. The molecule has 0 N–H and O–H groups in total. The van der Waals surface area contributed by atoms with Crippen LogP contribution < -0.4 is 0 Å². The molecule has 0 bridgehead atoms. The predicted molar refractivity (Wildman–Crippen MR) is 108 cm³/mol. The van der Waals surface area contributed by atoms with Crippen molar-refractivity contribution >= 4 is 11.6 Å². The zero-order valence-electron chi connectivity index (χ0n) is 16.1. The van der Waals surface area contributed by atoms with E-state index in [4.69, 9.17) is 16.9 Å². The fraction of sp³-hybridized carbons (Fsp3) is 0.409. The minimum absolute atomic E-state index is 0.0972. The molecule has 1 atom stereocenters. The number of hydrogen-bond acceptors (Lipinski definition) is 2. The van der Waals surface area contributed by atoms with E-state index in [9.17, 15) is 4.39 Å². The molecule has 1 unspecified atom stereocenters. The molecular formula is C22H28ClFN2. The SMILES string of the molecule is CC1CCN(C)C1.CCc1ccccc1F.Cc1ccc(C#N)c(Cl)c1. The standard InChI is InChI=1S/C8H6ClN.C8H9F.C6H13N/c1-6-2-3-7(5-10)8(9)4-6;1-2-7-5-3-4-6-8(7)9;1-6-3-4-7(2)5-6/h2-4H,1H3;3-6H,2H2,1H3;6H,3-5H2,1-2H3. The molecule has 2 aromatic rings. The highest BCUT2D eigenvalue weighted by Gasteiger charge is 2.13. The lowest BCUT2D eigenvalue weighted by molar-refractivity contribution is 0.402. The van der Waals surface area contributed by atoms with Gasteiger partial charge < -0.3 is 4.90 Å². The Morgan fingerprint density at radius 3 is 2.35 bits per heavy atom. The first-order valence-corrected chi connectivity index (χ1v) is 9.33. The summed E-state index contributed by atoms with van der Waals surface area (Å²) in [5.41, 5.74) is 2.40. The first kappa shape index (κ1) is 22.2. The number of hydrogen-bond donors (Lipinski definition) is 0. The molecule has 4 heteroatoms. The Labute approximate surface area is 162 Å². The van der Waals surface area contributed by atoms with Crippen molar-refractivity contribution < 1.29 is 4.39 Å². The van der Waals surface area contributed by atoms with E-state index in [1.165, 1.54) is 25.6 Å². The Morgan fingerprint density at radius 2 is 1.96 bits per heavy atom. The Hall–Kier alpha value is -1.89. The number of halogens is 2. The molecule has 1 saturated heterocycles. The summed E-state index contributed by atoms with van der Waals surface area (Å²) in [6, 6.07) is 14.2. The fourth-order valence-electron chi connectivity index (χ4n) is 2.65. The summed E-state index contributed by atoms with van der Waals surface area (Å²) >= 11 is 5.71. The molecule has 26 heavy (non-hydrogen) atoms. The maximum atomic E-state index is 12.6. The van der Waals surface area contributed by atoms with Gasteiger partial charge in [0.1, 0.15) is 11.9 Å². The summed E-state index contributed by atoms with van der Waals surface area (Å²) in [4.78, 5) is 2.38. The van der Waals surface area contributed by atoms with Gasteiger partial charge in [-0.2, -0.15) is 5.26 Å². The number of benzene rings is 2. The molecule has 140 valence electrons. The Balaban J connectivity index is 0.000000198. The zero-order chi connectivity index (χ0) is 19.5. The molecule has 0 spiro atoms. The van der Waals surface area contributed by atoms with E-state index in [1.807, 2.05) is 32.0 Å². The van der Waals surface area contributed by atoms with Crippen LogP contribution in [0.4, 0.5) is 4.39 Å². The van der Waals surface area contributed by atoms with Crippen LogP contribution >= 0.6 is 11.6 Å². The topological polar surface area (TPSA) is 27.0 Å². The van der Waals surface area contributed by atoms with Crippen LogP contribution in [0.1, 0.15) is 37.0 Å². The van der Waals surface area contributed by atoms with Crippen molar-refractivity contribution in [1.29, 1.82) is 5.26 Å². The third-order valence-electron chi connectivity index (χ3n) is 4.21. The Morgan fingerprint density at radius 1 is 1.27 bits per heavy atom. The first-order chi connectivity index (χ1) is 12.4. The highest BCUT2D eigenvalue weighted by Crippen LogP contribution is 2.15. The fourth-order valence-corrected chi connectivity index (χ4v) is 2.93. The van der Waals surface area contributed by atoms with Crippen molar-refractivity contribution in [2.24, 2.45) is 5.92 Å². The van der Waals surface area contributed by atoms with Gasteiger partial charge in [0.25, 0.3) is 0 Å². The average Bonchev–Trinajstić information content (AvgIpc) is 2.99. The normalized spacial score (nSPS) is 16.0. The molecule has 1 fully saturated rings. The first-order valence-electron chi connectivity index (χ1n) is 8.95. The number of nitriles is 1. The number of likely N-dealkylation sites (tertiary alicyclic amines) is 1. The van der Waals surface area contributed by atoms with Crippen LogP contribution in [-0.2, 0) is 6.42 Å². The van der Waals surface area contributed by atoms with Crippen molar-refractivity contribution in [3.63, 3.8) is 0 Å². The summed E-state index contributed by atoms with van der Waals surface area (Å²) in [6.45, 7) is 8.80. The maximum absolute atomic E-state index is 12.6. The monoisotopic (exact) mass is 374 g/mol. The van der Waals surface area contributed by atoms with Crippen LogP contribution in [0.15, 0.2) is 42.5 Å². The van der Waals surface area contributed by atoms with E-state index in [2.05, 4.69) is 18.9 Å². The van der Waals surface area contributed by atoms with E-state index in [-0.39, 0.29) is 5.82 Å². The minimum atomic E-state index is -0.0972. The second-order valence-corrected chi connectivity index (χ2v) is 7.10. The second kappa shape index (κ2) is 11.7. The predicted octanol–water partition coefficient (Wildman–Crippen LogP) is 5.87. The largest absolute Gasteiger partial charge is 0.306 e. The molecule has 3 rings (SSSR count). The van der Waals surface area contributed by atoms with Crippen molar-refractivity contribution in [2.75, 3.05) is 20.1 Å². The second-order valence-electron chi connectivity index (χ2n) is 6.70. The molecule has 0 amide bonds. The van der Waals surface area contributed by atoms with E-state index in [0.29, 0.717) is 10.6 Å². The molecule has 2 aromatic carbocycles. The minimum Gasteiger partial charge on any atom is -0.306 e. The van der Waals surface area contributed by atoms with Gasteiger partial charge in [-0.05, 0) is 68.6 Å². The summed E-state index contributed by atoms with van der Waals surface area (Å²) in [7, 11) is 2.18. The lowest BCUT2D eigenvalue weighted by Crippen LogP contribution is -2.12. The van der Waals surface area contributed by atoms with Gasteiger partial charge >= 0.3 is 0 Å². The zero-order valence-corrected chi connectivity index (χ0v) is 16.9. The van der Waals surface area contributed by atoms with Gasteiger partial charge in [0.15, 0.2) is 0 Å². The van der Waals surface area contributed by atoms with Gasteiger partial charge in [-0.25, -0.2) is 4.39 Å².